The van der Waals surface area contributed by atoms with Crippen molar-refractivity contribution in [2.24, 2.45) is 5.92 Å². The van der Waals surface area contributed by atoms with Crippen molar-refractivity contribution in [2.45, 2.75) is 82.8 Å². The fraction of sp³-hybridized carbons (Fsp3) is 0.500. The number of benzene rings is 2. The molecule has 2 N–H and O–H groups in total. The van der Waals surface area contributed by atoms with Crippen LogP contribution in [0, 0.1) is 5.92 Å². The third-order valence-electron chi connectivity index (χ3n) is 8.29. The molecule has 39 heavy (non-hydrogen) atoms. The SMILES string of the molecule is C[C@@H]1[C@@H]([Si](C)(C)O)[C@H](CCn2cc(CCO)nn2)O[C@@H]1CCc1cccc(N2C(=O)CCc3ccccc32)c1. The number of hydrogen-bond donors (Lipinski definition) is 2. The van der Waals surface area contributed by atoms with Gasteiger partial charge < -0.3 is 14.6 Å². The second kappa shape index (κ2) is 11.7. The zero-order valence-corrected chi connectivity index (χ0v) is 24.2. The van der Waals surface area contributed by atoms with Crippen molar-refractivity contribution >= 4 is 25.6 Å². The van der Waals surface area contributed by atoms with E-state index in [0.717, 1.165) is 42.8 Å². The van der Waals surface area contributed by atoms with Crippen LogP contribution in [0.1, 0.15) is 43.0 Å². The van der Waals surface area contributed by atoms with E-state index in [1.807, 2.05) is 54.5 Å². The number of aromatic nitrogens is 3. The summed E-state index contributed by atoms with van der Waals surface area (Å²) in [6, 6.07) is 16.5. The molecule has 2 aliphatic heterocycles. The van der Waals surface area contributed by atoms with Crippen LogP contribution in [-0.2, 0) is 35.3 Å². The minimum Gasteiger partial charge on any atom is -0.432 e. The van der Waals surface area contributed by atoms with E-state index in [1.54, 1.807) is 4.68 Å². The Balaban J connectivity index is 1.26. The number of hydrogen-bond acceptors (Lipinski definition) is 6. The van der Waals surface area contributed by atoms with Crippen LogP contribution in [0.4, 0.5) is 11.4 Å². The summed E-state index contributed by atoms with van der Waals surface area (Å²) >= 11 is 0. The molecule has 5 rings (SSSR count). The van der Waals surface area contributed by atoms with Gasteiger partial charge in [-0.3, -0.25) is 14.4 Å². The molecular formula is C30H40N4O4Si. The third-order valence-corrected chi connectivity index (χ3v) is 10.8. The lowest BCUT2D eigenvalue weighted by molar-refractivity contribution is -0.118. The third kappa shape index (κ3) is 6.16. The number of para-hydroxylation sites is 1. The molecule has 0 bridgehead atoms. The molecule has 0 unspecified atom stereocenters. The monoisotopic (exact) mass is 548 g/mol. The number of fused-ring (bicyclic) bond motifs is 1. The molecule has 1 saturated heterocycles. The number of aliphatic hydroxyl groups is 1. The summed E-state index contributed by atoms with van der Waals surface area (Å²) < 4.78 is 8.44. The van der Waals surface area contributed by atoms with Crippen molar-refractivity contribution in [1.82, 2.24) is 15.0 Å². The average molecular weight is 549 g/mol. The van der Waals surface area contributed by atoms with Gasteiger partial charge in [-0.1, -0.05) is 42.5 Å². The summed E-state index contributed by atoms with van der Waals surface area (Å²) in [5.74, 6) is 0.386. The first kappa shape index (κ1) is 27.7. The summed E-state index contributed by atoms with van der Waals surface area (Å²) in [5, 5.41) is 17.4. The van der Waals surface area contributed by atoms with Crippen LogP contribution in [0.5, 0.6) is 0 Å². The maximum Gasteiger partial charge on any atom is 0.231 e. The van der Waals surface area contributed by atoms with Gasteiger partial charge in [0.2, 0.25) is 5.91 Å². The van der Waals surface area contributed by atoms with Gasteiger partial charge in [0.05, 0.1) is 23.6 Å². The second-order valence-corrected chi connectivity index (χ2v) is 15.5. The predicted molar refractivity (Wildman–Crippen MR) is 153 cm³/mol. The molecule has 3 aromatic rings. The summed E-state index contributed by atoms with van der Waals surface area (Å²) in [5.41, 5.74) is 5.20. The quantitative estimate of drug-likeness (QED) is 0.364. The maximum absolute atomic E-state index is 12.9. The van der Waals surface area contributed by atoms with Gasteiger partial charge in [0.15, 0.2) is 8.32 Å². The van der Waals surface area contributed by atoms with Crippen molar-refractivity contribution in [2.75, 3.05) is 11.5 Å². The Morgan fingerprint density at radius 2 is 1.87 bits per heavy atom. The van der Waals surface area contributed by atoms with E-state index in [0.29, 0.717) is 19.4 Å². The number of anilines is 2. The number of amides is 1. The zero-order chi connectivity index (χ0) is 27.6. The van der Waals surface area contributed by atoms with Crippen LogP contribution in [0.3, 0.4) is 0 Å². The molecule has 1 aromatic heterocycles. The van der Waals surface area contributed by atoms with Crippen LogP contribution < -0.4 is 4.90 Å². The Kier molecular flexibility index (Phi) is 8.32. The van der Waals surface area contributed by atoms with Crippen LogP contribution >= 0.6 is 0 Å². The van der Waals surface area contributed by atoms with Crippen LogP contribution in [0.2, 0.25) is 18.6 Å². The number of aliphatic hydroxyl groups excluding tert-OH is 1. The van der Waals surface area contributed by atoms with Crippen molar-refractivity contribution in [3.63, 3.8) is 0 Å². The largest absolute Gasteiger partial charge is 0.432 e. The summed E-state index contributed by atoms with van der Waals surface area (Å²) in [6.45, 7) is 6.96. The Morgan fingerprint density at radius 1 is 1.05 bits per heavy atom. The van der Waals surface area contributed by atoms with Crippen molar-refractivity contribution in [3.8, 4) is 0 Å². The summed E-state index contributed by atoms with van der Waals surface area (Å²) in [4.78, 5) is 25.9. The fourth-order valence-electron chi connectivity index (χ4n) is 6.49. The number of ether oxygens (including phenoxy) is 1. The Hall–Kier alpha value is -2.85. The molecule has 4 atom stereocenters. The molecule has 1 fully saturated rings. The number of nitrogens with zero attached hydrogens (tertiary/aromatic N) is 4. The molecule has 0 spiro atoms. The van der Waals surface area contributed by atoms with E-state index in [1.165, 1.54) is 11.1 Å². The second-order valence-electron chi connectivity index (χ2n) is 11.6. The Labute approximate surface area is 231 Å². The van der Waals surface area contributed by atoms with E-state index in [2.05, 4.69) is 35.4 Å². The summed E-state index contributed by atoms with van der Waals surface area (Å²) in [6.07, 6.45) is 6.17. The molecule has 3 heterocycles. The number of rotatable bonds is 10. The minimum atomic E-state index is -2.47. The highest BCUT2D eigenvalue weighted by Crippen LogP contribution is 2.45. The Morgan fingerprint density at radius 3 is 2.67 bits per heavy atom. The first-order chi connectivity index (χ1) is 18.7. The minimum absolute atomic E-state index is 0.0315. The lowest BCUT2D eigenvalue weighted by Gasteiger charge is -2.30. The number of carbonyl (C=O) groups excluding carboxylic acids is 1. The van der Waals surface area contributed by atoms with Gasteiger partial charge in [-0.25, -0.2) is 0 Å². The van der Waals surface area contributed by atoms with Gasteiger partial charge >= 0.3 is 0 Å². The summed E-state index contributed by atoms with van der Waals surface area (Å²) in [7, 11) is -2.47. The lowest BCUT2D eigenvalue weighted by Crippen LogP contribution is -2.40. The van der Waals surface area contributed by atoms with E-state index in [-0.39, 0.29) is 36.2 Å². The van der Waals surface area contributed by atoms with E-state index in [4.69, 9.17) is 9.84 Å². The highest BCUT2D eigenvalue weighted by Gasteiger charge is 2.49. The first-order valence-corrected chi connectivity index (χ1v) is 17.1. The molecule has 1 amide bonds. The van der Waals surface area contributed by atoms with Crippen molar-refractivity contribution < 1.29 is 19.4 Å². The lowest BCUT2D eigenvalue weighted by atomic mass is 9.94. The number of carbonyl (C=O) groups is 1. The van der Waals surface area contributed by atoms with Gasteiger partial charge in [0, 0.05) is 43.4 Å². The highest BCUT2D eigenvalue weighted by molar-refractivity contribution is 6.71. The van der Waals surface area contributed by atoms with Crippen LogP contribution in [-0.4, -0.2) is 57.9 Å². The standard InChI is InChI=1S/C30H40N4O4Si/c1-21-27(38-28(30(21)39(2,3)37)15-17-33-20-24(16-18-35)31-32-33)13-11-22-7-6-9-25(19-22)34-26-10-5-4-8-23(26)12-14-29(34)36/h4-10,19-21,27-28,30,35,37H,11-18H2,1-3H3/t21-,27+,28-,30+/m0/s1. The molecule has 2 aromatic carbocycles. The molecule has 0 radical (unpaired) electrons. The van der Waals surface area contributed by atoms with Crippen LogP contribution in [0.15, 0.2) is 54.7 Å². The maximum atomic E-state index is 12.9. The van der Waals surface area contributed by atoms with E-state index in [9.17, 15) is 9.59 Å². The zero-order valence-electron chi connectivity index (χ0n) is 23.2. The Bertz CT molecular complexity index is 1290. The predicted octanol–water partition coefficient (Wildman–Crippen LogP) is 4.42. The fourth-order valence-corrected chi connectivity index (χ4v) is 9.14. The molecule has 0 saturated carbocycles. The highest BCUT2D eigenvalue weighted by atomic mass is 28.4. The van der Waals surface area contributed by atoms with Gasteiger partial charge in [-0.15, -0.1) is 5.10 Å². The van der Waals surface area contributed by atoms with Gasteiger partial charge in [0.1, 0.15) is 0 Å². The average Bonchev–Trinajstić information content (AvgIpc) is 3.49. The molecular weight excluding hydrogens is 508 g/mol. The van der Waals surface area contributed by atoms with E-state index < -0.39 is 8.32 Å². The van der Waals surface area contributed by atoms with Crippen molar-refractivity contribution in [3.05, 3.63) is 71.5 Å². The van der Waals surface area contributed by atoms with Gasteiger partial charge in [0.25, 0.3) is 0 Å². The van der Waals surface area contributed by atoms with Crippen molar-refractivity contribution in [1.29, 1.82) is 0 Å². The number of aryl methyl sites for hydroxylation is 3. The molecule has 208 valence electrons. The van der Waals surface area contributed by atoms with Crippen LogP contribution in [0.25, 0.3) is 0 Å². The van der Waals surface area contributed by atoms with E-state index >= 15 is 0 Å². The molecule has 8 nitrogen and oxygen atoms in total. The smallest absolute Gasteiger partial charge is 0.231 e. The topological polar surface area (TPSA) is 101 Å². The van der Waals surface area contributed by atoms with Gasteiger partial charge in [-0.05, 0) is 74.0 Å². The molecule has 0 aliphatic carbocycles. The normalized spacial score (nSPS) is 23.3. The van der Waals surface area contributed by atoms with Gasteiger partial charge in [-0.2, -0.15) is 0 Å². The molecule has 2 aliphatic rings. The first-order valence-electron chi connectivity index (χ1n) is 14.1. The molecule has 9 heteroatoms.